The first-order chi connectivity index (χ1) is 9.81. The molecule has 2 rings (SSSR count). The molecule has 0 heterocycles. The fourth-order valence-corrected chi connectivity index (χ4v) is 4.60. The van der Waals surface area contributed by atoms with Gasteiger partial charge in [0.1, 0.15) is 0 Å². The van der Waals surface area contributed by atoms with E-state index >= 15 is 0 Å². The van der Waals surface area contributed by atoms with Gasteiger partial charge in [-0.25, -0.2) is 0 Å². The van der Waals surface area contributed by atoms with Crippen LogP contribution in [-0.2, 0) is 0 Å². The minimum atomic E-state index is -0.446. The predicted molar refractivity (Wildman–Crippen MR) is 91.1 cm³/mol. The summed E-state index contributed by atoms with van der Waals surface area (Å²) in [6, 6.07) is 0. The number of fused-ring (bicyclic) bond motifs is 1. The summed E-state index contributed by atoms with van der Waals surface area (Å²) in [5, 5.41) is 10.8. The summed E-state index contributed by atoms with van der Waals surface area (Å²) in [5.74, 6) is 2.59. The van der Waals surface area contributed by atoms with E-state index in [-0.39, 0.29) is 0 Å². The molecule has 0 bridgehead atoms. The Morgan fingerprint density at radius 3 is 2.81 bits per heavy atom. The smallest absolute Gasteiger partial charge is 0.0653 e. The van der Waals surface area contributed by atoms with Gasteiger partial charge in [0, 0.05) is 0 Å². The second kappa shape index (κ2) is 6.69. The number of hydrogen-bond donors (Lipinski definition) is 1. The highest BCUT2D eigenvalue weighted by Gasteiger charge is 2.46. The monoisotopic (exact) mass is 290 g/mol. The van der Waals surface area contributed by atoms with E-state index in [4.69, 9.17) is 0 Å². The summed E-state index contributed by atoms with van der Waals surface area (Å²) in [4.78, 5) is 0. The maximum absolute atomic E-state index is 10.8. The van der Waals surface area contributed by atoms with Crippen LogP contribution in [0.15, 0.2) is 23.3 Å². The molecule has 0 aromatic heterocycles. The van der Waals surface area contributed by atoms with Crippen LogP contribution in [0.3, 0.4) is 0 Å². The van der Waals surface area contributed by atoms with Gasteiger partial charge in [-0.3, -0.25) is 0 Å². The van der Waals surface area contributed by atoms with Crippen LogP contribution < -0.4 is 0 Å². The molecule has 0 saturated heterocycles. The van der Waals surface area contributed by atoms with Crippen LogP contribution in [0.5, 0.6) is 0 Å². The zero-order valence-corrected chi connectivity index (χ0v) is 14.7. The Morgan fingerprint density at radius 1 is 1.43 bits per heavy atom. The molecule has 0 amide bonds. The Kier molecular flexibility index (Phi) is 5.35. The molecular weight excluding hydrogens is 256 g/mol. The van der Waals surface area contributed by atoms with Crippen LogP contribution in [0.2, 0.25) is 0 Å². The fraction of sp³-hybridized carbons (Fsp3) is 0.800. The summed E-state index contributed by atoms with van der Waals surface area (Å²) < 4.78 is 0. The van der Waals surface area contributed by atoms with E-state index in [1.54, 1.807) is 0 Å². The quantitative estimate of drug-likeness (QED) is 0.678. The summed E-state index contributed by atoms with van der Waals surface area (Å²) in [5.41, 5.74) is 2.52. The fourth-order valence-electron chi connectivity index (χ4n) is 4.60. The molecule has 1 saturated carbocycles. The highest BCUT2D eigenvalue weighted by Crippen LogP contribution is 2.50. The zero-order valence-electron chi connectivity index (χ0n) is 14.7. The third kappa shape index (κ3) is 4.00. The zero-order chi connectivity index (χ0) is 15.6. The maximum atomic E-state index is 10.8. The molecular formula is C20H34O. The van der Waals surface area contributed by atoms with E-state index in [9.17, 15) is 5.11 Å². The maximum Gasteiger partial charge on any atom is 0.0653 e. The lowest BCUT2D eigenvalue weighted by molar-refractivity contribution is -0.0823. The number of hydrogen-bond acceptors (Lipinski definition) is 1. The Labute approximate surface area is 131 Å². The first kappa shape index (κ1) is 16.8. The van der Waals surface area contributed by atoms with Gasteiger partial charge in [0.05, 0.1) is 5.60 Å². The van der Waals surface area contributed by atoms with Crippen molar-refractivity contribution in [3.05, 3.63) is 23.3 Å². The van der Waals surface area contributed by atoms with Crippen LogP contribution in [0.25, 0.3) is 0 Å². The van der Waals surface area contributed by atoms with Gasteiger partial charge >= 0.3 is 0 Å². The van der Waals surface area contributed by atoms with Crippen LogP contribution in [0.1, 0.15) is 73.1 Å². The second-order valence-corrected chi connectivity index (χ2v) is 8.13. The minimum Gasteiger partial charge on any atom is -0.390 e. The van der Waals surface area contributed by atoms with Gasteiger partial charge in [0.2, 0.25) is 0 Å². The van der Waals surface area contributed by atoms with Crippen LogP contribution in [0.4, 0.5) is 0 Å². The average molecular weight is 290 g/mol. The molecule has 0 aliphatic heterocycles. The molecule has 5 atom stereocenters. The molecule has 0 aromatic rings. The molecule has 21 heavy (non-hydrogen) atoms. The van der Waals surface area contributed by atoms with Gasteiger partial charge in [0.15, 0.2) is 0 Å². The van der Waals surface area contributed by atoms with Crippen LogP contribution >= 0.6 is 0 Å². The second-order valence-electron chi connectivity index (χ2n) is 8.13. The van der Waals surface area contributed by atoms with Crippen molar-refractivity contribution >= 4 is 0 Å². The van der Waals surface area contributed by atoms with Crippen molar-refractivity contribution in [2.24, 2.45) is 23.7 Å². The topological polar surface area (TPSA) is 20.2 Å². The number of aliphatic hydroxyl groups is 1. The first-order valence-electron chi connectivity index (χ1n) is 8.84. The standard InChI is InChI=1S/C20H34O/c1-14(2)7-6-8-16(4)17-11-12-20(5,21)19-10-9-15(3)13-18(17)19/h7,13,16-19,21H,6,8-12H2,1-5H3/t16-,17+,18+,19-,20-/m1/s1. The Hall–Kier alpha value is -0.560. The number of allylic oxidation sites excluding steroid dienone is 4. The highest BCUT2D eigenvalue weighted by molar-refractivity contribution is 5.13. The van der Waals surface area contributed by atoms with E-state index in [0.717, 1.165) is 18.3 Å². The largest absolute Gasteiger partial charge is 0.390 e. The van der Waals surface area contributed by atoms with Crippen molar-refractivity contribution in [2.45, 2.75) is 78.7 Å². The molecule has 0 aromatic carbocycles. The average Bonchev–Trinajstić information content (AvgIpc) is 2.37. The van der Waals surface area contributed by atoms with Crippen LogP contribution in [-0.4, -0.2) is 10.7 Å². The van der Waals surface area contributed by atoms with E-state index in [1.165, 1.54) is 43.3 Å². The van der Waals surface area contributed by atoms with Gasteiger partial charge < -0.3 is 5.11 Å². The SMILES string of the molecule is CC(C)=CCC[C@@H](C)[C@@H]1CC[C@@](C)(O)[C@@H]2CCC(C)=C[C@@H]12. The van der Waals surface area contributed by atoms with Gasteiger partial charge in [0.25, 0.3) is 0 Å². The molecule has 1 fully saturated rings. The lowest BCUT2D eigenvalue weighted by Crippen LogP contribution is -2.48. The number of rotatable bonds is 4. The van der Waals surface area contributed by atoms with Crippen molar-refractivity contribution in [3.63, 3.8) is 0 Å². The lowest BCUT2D eigenvalue weighted by atomic mass is 9.58. The van der Waals surface area contributed by atoms with E-state index < -0.39 is 5.60 Å². The third-order valence-electron chi connectivity index (χ3n) is 5.97. The van der Waals surface area contributed by atoms with Gasteiger partial charge in [-0.15, -0.1) is 0 Å². The summed E-state index contributed by atoms with van der Waals surface area (Å²) in [6.45, 7) is 11.1. The van der Waals surface area contributed by atoms with Crippen molar-refractivity contribution in [1.29, 1.82) is 0 Å². The first-order valence-corrected chi connectivity index (χ1v) is 8.84. The Bertz CT molecular complexity index is 412. The summed E-state index contributed by atoms with van der Waals surface area (Å²) in [6.07, 6.45) is 11.9. The predicted octanol–water partition coefficient (Wildman–Crippen LogP) is 5.50. The molecule has 1 nitrogen and oxygen atoms in total. The van der Waals surface area contributed by atoms with Gasteiger partial charge in [-0.1, -0.05) is 30.2 Å². The van der Waals surface area contributed by atoms with Crippen molar-refractivity contribution in [1.82, 2.24) is 0 Å². The van der Waals surface area contributed by atoms with Gasteiger partial charge in [-0.05, 0) is 89.9 Å². The van der Waals surface area contributed by atoms with E-state index in [0.29, 0.717) is 11.8 Å². The molecule has 0 spiro atoms. The normalized spacial score (nSPS) is 37.4. The molecule has 0 unspecified atom stereocenters. The Balaban J connectivity index is 2.08. The molecule has 1 heteroatoms. The summed E-state index contributed by atoms with van der Waals surface area (Å²) >= 11 is 0. The van der Waals surface area contributed by atoms with Crippen LogP contribution in [0, 0.1) is 23.7 Å². The molecule has 1 N–H and O–H groups in total. The molecule has 2 aliphatic carbocycles. The molecule has 0 radical (unpaired) electrons. The highest BCUT2D eigenvalue weighted by atomic mass is 16.3. The molecule has 120 valence electrons. The summed E-state index contributed by atoms with van der Waals surface area (Å²) in [7, 11) is 0. The van der Waals surface area contributed by atoms with E-state index in [2.05, 4.69) is 46.8 Å². The third-order valence-corrected chi connectivity index (χ3v) is 5.97. The van der Waals surface area contributed by atoms with Gasteiger partial charge in [-0.2, -0.15) is 0 Å². The van der Waals surface area contributed by atoms with Crippen molar-refractivity contribution in [3.8, 4) is 0 Å². The van der Waals surface area contributed by atoms with E-state index in [1.807, 2.05) is 0 Å². The Morgan fingerprint density at radius 2 is 2.14 bits per heavy atom. The molecule has 2 aliphatic rings. The van der Waals surface area contributed by atoms with Crippen molar-refractivity contribution < 1.29 is 5.11 Å². The van der Waals surface area contributed by atoms with Crippen molar-refractivity contribution in [2.75, 3.05) is 0 Å². The minimum absolute atomic E-state index is 0.446. The lowest BCUT2D eigenvalue weighted by Gasteiger charge is -2.50.